The Morgan fingerprint density at radius 2 is 1.93 bits per heavy atom. The van der Waals surface area contributed by atoms with Crippen LogP contribution in [0, 0.1) is 22.9 Å². The van der Waals surface area contributed by atoms with Gasteiger partial charge in [-0.25, -0.2) is 18.7 Å². The molecular formula is C29H36F3N5O4. The van der Waals surface area contributed by atoms with Crippen LogP contribution < -0.4 is 20.4 Å². The molecule has 2 heterocycles. The largest absolute Gasteiger partial charge is 0.497 e. The van der Waals surface area contributed by atoms with Gasteiger partial charge >= 0.3 is 0 Å². The number of carbonyl (C=O) groups is 1. The van der Waals surface area contributed by atoms with Crippen LogP contribution in [0.15, 0.2) is 36.5 Å². The number of pyridine rings is 1. The van der Waals surface area contributed by atoms with Crippen LogP contribution in [0.5, 0.6) is 5.75 Å². The van der Waals surface area contributed by atoms with Gasteiger partial charge in [-0.05, 0) is 57.0 Å². The first-order valence-electron chi connectivity index (χ1n) is 13.5. The van der Waals surface area contributed by atoms with E-state index in [2.05, 4.69) is 10.3 Å². The first-order valence-corrected chi connectivity index (χ1v) is 13.5. The molecule has 12 heteroatoms. The highest BCUT2D eigenvalue weighted by Crippen LogP contribution is 2.41. The van der Waals surface area contributed by atoms with Crippen molar-refractivity contribution in [1.82, 2.24) is 15.4 Å². The molecule has 0 aliphatic carbocycles. The summed E-state index contributed by atoms with van der Waals surface area (Å²) in [6.07, 6.45) is 2.20. The third-order valence-corrected chi connectivity index (χ3v) is 7.94. The number of amides is 1. The van der Waals surface area contributed by atoms with Crippen LogP contribution in [0.3, 0.4) is 0 Å². The number of aliphatic hydroxyl groups excluding tert-OH is 1. The SMILES string of the molecule is COc1ccc2ncc(N(C)C)c([C@H](O)CCC3(C(=O)NO)CCN(CCNc4cc(F)cc(F)c4F)CC3)c2c1. The second-order valence-electron chi connectivity index (χ2n) is 10.6. The third-order valence-electron chi connectivity index (χ3n) is 7.94. The molecule has 1 fully saturated rings. The Morgan fingerprint density at radius 3 is 2.59 bits per heavy atom. The minimum atomic E-state index is -1.26. The maximum atomic E-state index is 13.9. The molecule has 0 radical (unpaired) electrons. The number of methoxy groups -OCH3 is 1. The van der Waals surface area contributed by atoms with Crippen LogP contribution in [0.2, 0.25) is 0 Å². The van der Waals surface area contributed by atoms with Crippen LogP contribution in [0.1, 0.15) is 37.4 Å². The summed E-state index contributed by atoms with van der Waals surface area (Å²) in [5, 5.41) is 24.5. The van der Waals surface area contributed by atoms with Gasteiger partial charge in [-0.3, -0.25) is 15.0 Å². The highest BCUT2D eigenvalue weighted by atomic mass is 19.2. The van der Waals surface area contributed by atoms with E-state index in [0.717, 1.165) is 17.1 Å². The summed E-state index contributed by atoms with van der Waals surface area (Å²) >= 11 is 0. The topological polar surface area (TPSA) is 110 Å². The number of ether oxygens (including phenoxy) is 1. The van der Waals surface area contributed by atoms with E-state index in [1.807, 2.05) is 41.5 Å². The molecule has 4 N–H and O–H groups in total. The lowest BCUT2D eigenvalue weighted by atomic mass is 9.73. The number of fused-ring (bicyclic) bond motifs is 1. The summed E-state index contributed by atoms with van der Waals surface area (Å²) in [6.45, 7) is 1.70. The van der Waals surface area contributed by atoms with Crippen molar-refractivity contribution in [2.45, 2.75) is 31.8 Å². The molecule has 0 bridgehead atoms. The van der Waals surface area contributed by atoms with Crippen molar-refractivity contribution in [1.29, 1.82) is 0 Å². The monoisotopic (exact) mass is 575 g/mol. The van der Waals surface area contributed by atoms with E-state index in [9.17, 15) is 28.3 Å². The highest BCUT2D eigenvalue weighted by molar-refractivity contribution is 5.88. The lowest BCUT2D eigenvalue weighted by Crippen LogP contribution is -2.49. The average Bonchev–Trinajstić information content (AvgIpc) is 2.97. The molecule has 4 rings (SSSR count). The Bertz CT molecular complexity index is 1380. The average molecular weight is 576 g/mol. The molecule has 3 aromatic rings. The predicted octanol–water partition coefficient (Wildman–Crippen LogP) is 4.24. The maximum absolute atomic E-state index is 13.9. The molecule has 9 nitrogen and oxygen atoms in total. The van der Waals surface area contributed by atoms with Crippen LogP contribution in [-0.2, 0) is 4.79 Å². The van der Waals surface area contributed by atoms with E-state index in [0.29, 0.717) is 61.8 Å². The van der Waals surface area contributed by atoms with Crippen molar-refractivity contribution in [3.05, 3.63) is 59.5 Å². The van der Waals surface area contributed by atoms with E-state index in [4.69, 9.17) is 4.74 Å². The minimum absolute atomic E-state index is 0.240. The Hall–Kier alpha value is -3.61. The molecule has 1 amide bonds. The number of rotatable bonds is 11. The van der Waals surface area contributed by atoms with Crippen LogP contribution in [-0.4, -0.2) is 73.5 Å². The van der Waals surface area contributed by atoms with Gasteiger partial charge in [0.2, 0.25) is 5.91 Å². The quantitative estimate of drug-likeness (QED) is 0.153. The number of hydrogen-bond donors (Lipinski definition) is 4. The second kappa shape index (κ2) is 12.9. The van der Waals surface area contributed by atoms with Gasteiger partial charge in [-0.15, -0.1) is 0 Å². The fraction of sp³-hybridized carbons (Fsp3) is 0.448. The summed E-state index contributed by atoms with van der Waals surface area (Å²) in [4.78, 5) is 21.3. The van der Waals surface area contributed by atoms with Gasteiger partial charge in [0.1, 0.15) is 11.6 Å². The number of likely N-dealkylation sites (tertiary alicyclic amines) is 1. The standard InChI is InChI=1S/C29H36F3N5O4/c1-36(2)24-17-34-22-5-4-19(41-3)16-20(22)26(24)25(38)6-7-29(28(39)35-40)8-11-37(12-9-29)13-10-33-23-15-18(30)14-21(31)27(23)32/h4-5,14-17,25,33,38,40H,6-13H2,1-3H3,(H,35,39)/t25-/m1/s1. The summed E-state index contributed by atoms with van der Waals surface area (Å²) in [7, 11) is 5.30. The highest BCUT2D eigenvalue weighted by Gasteiger charge is 2.41. The predicted molar refractivity (Wildman–Crippen MR) is 150 cm³/mol. The lowest BCUT2D eigenvalue weighted by Gasteiger charge is -2.40. The second-order valence-corrected chi connectivity index (χ2v) is 10.6. The summed E-state index contributed by atoms with van der Waals surface area (Å²) in [5.74, 6) is -3.15. The lowest BCUT2D eigenvalue weighted by molar-refractivity contribution is -0.143. The number of benzene rings is 2. The van der Waals surface area contributed by atoms with Gasteiger partial charge in [0, 0.05) is 50.3 Å². The van der Waals surface area contributed by atoms with Gasteiger partial charge in [-0.2, -0.15) is 0 Å². The number of hydrogen-bond acceptors (Lipinski definition) is 8. The van der Waals surface area contributed by atoms with Crippen molar-refractivity contribution >= 4 is 28.2 Å². The van der Waals surface area contributed by atoms with Crippen molar-refractivity contribution in [3.63, 3.8) is 0 Å². The third kappa shape index (κ3) is 6.66. The fourth-order valence-corrected chi connectivity index (χ4v) is 5.52. The molecule has 0 unspecified atom stereocenters. The van der Waals surface area contributed by atoms with Crippen molar-refractivity contribution in [3.8, 4) is 5.75 Å². The number of halogens is 3. The van der Waals surface area contributed by atoms with Gasteiger partial charge < -0.3 is 25.0 Å². The van der Waals surface area contributed by atoms with E-state index >= 15 is 0 Å². The first kappa shape index (κ1) is 30.4. The Labute approximate surface area is 236 Å². The van der Waals surface area contributed by atoms with Crippen LogP contribution >= 0.6 is 0 Å². The Kier molecular flexibility index (Phi) is 9.57. The smallest absolute Gasteiger partial charge is 0.249 e. The number of piperidine rings is 1. The molecule has 2 aromatic carbocycles. The molecule has 1 aliphatic rings. The number of aliphatic hydroxyl groups is 1. The molecule has 41 heavy (non-hydrogen) atoms. The molecule has 1 saturated heterocycles. The number of nitrogens with zero attached hydrogens (tertiary/aromatic N) is 3. The van der Waals surface area contributed by atoms with E-state index in [1.165, 1.54) is 0 Å². The van der Waals surface area contributed by atoms with E-state index in [-0.39, 0.29) is 18.7 Å². The number of anilines is 2. The van der Waals surface area contributed by atoms with Gasteiger partial charge in [0.05, 0.1) is 41.7 Å². The number of hydroxylamine groups is 1. The molecule has 1 atom stereocenters. The van der Waals surface area contributed by atoms with Crippen molar-refractivity contribution in [2.24, 2.45) is 5.41 Å². The Balaban J connectivity index is 1.44. The summed E-state index contributed by atoms with van der Waals surface area (Å²) in [5.41, 5.74) is 2.79. The number of aromatic nitrogens is 1. The van der Waals surface area contributed by atoms with Gasteiger partial charge in [0.15, 0.2) is 11.6 Å². The normalized spacial score (nSPS) is 15.9. The molecule has 0 spiro atoms. The Morgan fingerprint density at radius 1 is 1.20 bits per heavy atom. The van der Waals surface area contributed by atoms with E-state index < -0.39 is 34.9 Å². The van der Waals surface area contributed by atoms with Gasteiger partial charge in [0.25, 0.3) is 0 Å². The summed E-state index contributed by atoms with van der Waals surface area (Å²) < 4.78 is 46.2. The number of carbonyl (C=O) groups excluding carboxylic acids is 1. The first-order chi connectivity index (χ1) is 19.6. The van der Waals surface area contributed by atoms with Crippen molar-refractivity contribution < 1.29 is 33.0 Å². The zero-order valence-corrected chi connectivity index (χ0v) is 23.4. The van der Waals surface area contributed by atoms with Crippen molar-refractivity contribution in [2.75, 3.05) is 57.6 Å². The number of nitrogens with one attached hydrogen (secondary N) is 2. The fourth-order valence-electron chi connectivity index (χ4n) is 5.52. The summed E-state index contributed by atoms with van der Waals surface area (Å²) in [6, 6.07) is 6.86. The molecule has 0 saturated carbocycles. The van der Waals surface area contributed by atoms with E-state index in [1.54, 1.807) is 19.4 Å². The van der Waals surface area contributed by atoms with Crippen LogP contribution in [0.4, 0.5) is 24.5 Å². The molecular weight excluding hydrogens is 539 g/mol. The van der Waals surface area contributed by atoms with Crippen LogP contribution in [0.25, 0.3) is 10.9 Å². The molecule has 222 valence electrons. The minimum Gasteiger partial charge on any atom is -0.497 e. The molecule has 1 aromatic heterocycles. The molecule has 1 aliphatic heterocycles. The zero-order chi connectivity index (χ0) is 29.7. The van der Waals surface area contributed by atoms with Gasteiger partial charge in [-0.1, -0.05) is 0 Å². The zero-order valence-electron chi connectivity index (χ0n) is 23.4. The maximum Gasteiger partial charge on any atom is 0.249 e.